The molecule has 98 valence electrons. The van der Waals surface area contributed by atoms with Crippen molar-refractivity contribution in [2.75, 3.05) is 0 Å². The van der Waals surface area contributed by atoms with Gasteiger partial charge in [-0.25, -0.2) is 4.79 Å². The highest BCUT2D eigenvalue weighted by Crippen LogP contribution is 2.37. The van der Waals surface area contributed by atoms with Crippen molar-refractivity contribution in [3.05, 3.63) is 47.5 Å². The van der Waals surface area contributed by atoms with Gasteiger partial charge < -0.3 is 4.74 Å². The molecule has 0 spiro atoms. The third-order valence-corrected chi connectivity index (χ3v) is 3.53. The fourth-order valence-electron chi connectivity index (χ4n) is 2.49. The van der Waals surface area contributed by atoms with Crippen LogP contribution in [-0.2, 0) is 21.6 Å². The maximum absolute atomic E-state index is 11.9. The van der Waals surface area contributed by atoms with Crippen molar-refractivity contribution >= 4 is 5.97 Å². The molecule has 1 atom stereocenters. The molecular formula is C17H18O2. The summed E-state index contributed by atoms with van der Waals surface area (Å²) in [5.74, 6) is 2.29. The van der Waals surface area contributed by atoms with Crippen LogP contribution in [0.1, 0.15) is 37.3 Å². The Labute approximate surface area is 114 Å². The number of fused-ring (bicyclic) bond motifs is 1. The number of aryl methyl sites for hydroxylation is 1. The van der Waals surface area contributed by atoms with Crippen molar-refractivity contribution in [3.63, 3.8) is 0 Å². The lowest BCUT2D eigenvalue weighted by Gasteiger charge is -2.29. The highest BCUT2D eigenvalue weighted by molar-refractivity contribution is 5.87. The van der Waals surface area contributed by atoms with Crippen molar-refractivity contribution in [1.82, 2.24) is 0 Å². The molecule has 1 aromatic carbocycles. The number of rotatable bonds is 2. The minimum Gasteiger partial charge on any atom is -0.438 e. The molecule has 0 amide bonds. The summed E-state index contributed by atoms with van der Waals surface area (Å²) in [6.07, 6.45) is 9.36. The van der Waals surface area contributed by atoms with Crippen LogP contribution in [0.4, 0.5) is 0 Å². The average Bonchev–Trinajstić information content (AvgIpc) is 2.59. The van der Waals surface area contributed by atoms with Crippen LogP contribution in [0, 0.1) is 12.3 Å². The van der Waals surface area contributed by atoms with Gasteiger partial charge in [-0.15, -0.1) is 6.42 Å². The third-order valence-electron chi connectivity index (χ3n) is 3.53. The van der Waals surface area contributed by atoms with Crippen LogP contribution in [0.5, 0.6) is 0 Å². The van der Waals surface area contributed by atoms with Gasteiger partial charge in [0.2, 0.25) is 0 Å². The van der Waals surface area contributed by atoms with E-state index < -0.39 is 11.6 Å². The zero-order valence-electron chi connectivity index (χ0n) is 11.2. The van der Waals surface area contributed by atoms with Crippen molar-refractivity contribution in [3.8, 4) is 12.3 Å². The van der Waals surface area contributed by atoms with Gasteiger partial charge >= 0.3 is 5.97 Å². The minimum absolute atomic E-state index is 0.372. The number of ether oxygens (including phenoxy) is 1. The van der Waals surface area contributed by atoms with E-state index in [0.717, 1.165) is 24.8 Å². The Bertz CT molecular complexity index is 551. The number of benzene rings is 1. The summed E-state index contributed by atoms with van der Waals surface area (Å²) in [5, 5.41) is 0. The van der Waals surface area contributed by atoms with Gasteiger partial charge in [0, 0.05) is 17.6 Å². The summed E-state index contributed by atoms with van der Waals surface area (Å²) in [7, 11) is 0. The fraction of sp³-hybridized carbons (Fsp3) is 0.353. The molecule has 0 aromatic heterocycles. The van der Waals surface area contributed by atoms with E-state index in [9.17, 15) is 4.79 Å². The number of hydrogen-bond donors (Lipinski definition) is 0. The Balaban J connectivity index is 2.47. The third kappa shape index (κ3) is 2.56. The average molecular weight is 254 g/mol. The van der Waals surface area contributed by atoms with Crippen LogP contribution in [0.25, 0.3) is 0 Å². The molecule has 1 aromatic rings. The van der Waals surface area contributed by atoms with Gasteiger partial charge in [0.25, 0.3) is 0 Å². The smallest absolute Gasteiger partial charge is 0.334 e. The monoisotopic (exact) mass is 254 g/mol. The second-order valence-corrected chi connectivity index (χ2v) is 5.01. The Kier molecular flexibility index (Phi) is 3.76. The summed E-state index contributed by atoms with van der Waals surface area (Å²) in [6.45, 7) is 5.26. The molecule has 2 rings (SSSR count). The van der Waals surface area contributed by atoms with Crippen molar-refractivity contribution in [1.29, 1.82) is 0 Å². The summed E-state index contributed by atoms with van der Waals surface area (Å²) in [4.78, 5) is 11.9. The summed E-state index contributed by atoms with van der Waals surface area (Å²) < 4.78 is 5.62. The molecule has 0 aliphatic heterocycles. The SMILES string of the molecule is C#CC1(OC(=O)C(=C)C)CCCCc2ccccc21. The molecule has 0 bridgehead atoms. The van der Waals surface area contributed by atoms with Crippen LogP contribution in [0.2, 0.25) is 0 Å². The van der Waals surface area contributed by atoms with Gasteiger partial charge in [-0.05, 0) is 31.7 Å². The molecule has 1 unspecified atom stereocenters. The van der Waals surface area contributed by atoms with Crippen LogP contribution in [0.15, 0.2) is 36.4 Å². The van der Waals surface area contributed by atoms with Gasteiger partial charge in [0.15, 0.2) is 5.60 Å². The quantitative estimate of drug-likeness (QED) is 0.350. The first kappa shape index (κ1) is 13.4. The van der Waals surface area contributed by atoms with E-state index in [-0.39, 0.29) is 0 Å². The number of carbonyl (C=O) groups is 1. The van der Waals surface area contributed by atoms with Crippen molar-refractivity contribution < 1.29 is 9.53 Å². The van der Waals surface area contributed by atoms with E-state index in [1.807, 2.05) is 18.2 Å². The lowest BCUT2D eigenvalue weighted by Crippen LogP contribution is -2.31. The number of terminal acetylenes is 1. The molecule has 1 aliphatic rings. The predicted molar refractivity (Wildman–Crippen MR) is 75.4 cm³/mol. The number of hydrogen-bond acceptors (Lipinski definition) is 2. The topological polar surface area (TPSA) is 26.3 Å². The minimum atomic E-state index is -0.941. The molecule has 2 nitrogen and oxygen atoms in total. The largest absolute Gasteiger partial charge is 0.438 e. The first-order valence-electron chi connectivity index (χ1n) is 6.54. The molecule has 19 heavy (non-hydrogen) atoms. The Morgan fingerprint density at radius 2 is 2.16 bits per heavy atom. The molecule has 0 fully saturated rings. The highest BCUT2D eigenvalue weighted by Gasteiger charge is 2.37. The van der Waals surface area contributed by atoms with Gasteiger partial charge in [-0.1, -0.05) is 36.8 Å². The first-order chi connectivity index (χ1) is 9.09. The fourth-order valence-corrected chi connectivity index (χ4v) is 2.49. The highest BCUT2D eigenvalue weighted by atomic mass is 16.6. The van der Waals surface area contributed by atoms with Gasteiger partial charge in [0.1, 0.15) is 0 Å². The molecule has 0 radical (unpaired) electrons. The summed E-state index contributed by atoms with van der Waals surface area (Å²) in [6, 6.07) is 7.95. The van der Waals surface area contributed by atoms with E-state index in [0.29, 0.717) is 12.0 Å². The second kappa shape index (κ2) is 5.32. The standard InChI is InChI=1S/C17H18O2/c1-4-17(19-16(18)13(2)3)12-8-7-10-14-9-5-6-11-15(14)17/h1,5-6,9,11H,2,7-8,10,12H2,3H3. The first-order valence-corrected chi connectivity index (χ1v) is 6.54. The predicted octanol–water partition coefficient (Wildman–Crippen LogP) is 3.36. The van der Waals surface area contributed by atoms with Crippen molar-refractivity contribution in [2.24, 2.45) is 0 Å². The number of esters is 1. The van der Waals surface area contributed by atoms with Crippen LogP contribution in [-0.4, -0.2) is 5.97 Å². The lowest BCUT2D eigenvalue weighted by atomic mass is 9.88. The van der Waals surface area contributed by atoms with Crippen LogP contribution in [0.3, 0.4) is 0 Å². The lowest BCUT2D eigenvalue weighted by molar-refractivity contribution is -0.150. The molecule has 0 N–H and O–H groups in total. The molecule has 0 saturated heterocycles. The molecule has 1 aliphatic carbocycles. The van der Waals surface area contributed by atoms with Gasteiger partial charge in [0.05, 0.1) is 0 Å². The summed E-state index contributed by atoms with van der Waals surface area (Å²) >= 11 is 0. The number of carbonyl (C=O) groups excluding carboxylic acids is 1. The van der Waals surface area contributed by atoms with Gasteiger partial charge in [-0.3, -0.25) is 0 Å². The van der Waals surface area contributed by atoms with Crippen LogP contribution < -0.4 is 0 Å². The Morgan fingerprint density at radius 3 is 2.84 bits per heavy atom. The second-order valence-electron chi connectivity index (χ2n) is 5.01. The van der Waals surface area contributed by atoms with Crippen molar-refractivity contribution in [2.45, 2.75) is 38.2 Å². The Morgan fingerprint density at radius 1 is 1.42 bits per heavy atom. The van der Waals surface area contributed by atoms with E-state index in [2.05, 4.69) is 18.6 Å². The zero-order chi connectivity index (χ0) is 13.9. The Hall–Kier alpha value is -2.01. The van der Waals surface area contributed by atoms with E-state index in [1.165, 1.54) is 5.56 Å². The molecule has 2 heteroatoms. The normalized spacial score (nSPS) is 21.7. The molecule has 0 saturated carbocycles. The summed E-state index contributed by atoms with van der Waals surface area (Å²) in [5.41, 5.74) is 1.55. The van der Waals surface area contributed by atoms with E-state index >= 15 is 0 Å². The van der Waals surface area contributed by atoms with E-state index in [1.54, 1.807) is 6.92 Å². The zero-order valence-corrected chi connectivity index (χ0v) is 11.2. The molecule has 0 heterocycles. The maximum atomic E-state index is 11.9. The maximum Gasteiger partial charge on any atom is 0.334 e. The van der Waals surface area contributed by atoms with Gasteiger partial charge in [-0.2, -0.15) is 0 Å². The molecular weight excluding hydrogens is 236 g/mol. The van der Waals surface area contributed by atoms with Crippen LogP contribution >= 0.6 is 0 Å². The van der Waals surface area contributed by atoms with E-state index in [4.69, 9.17) is 11.2 Å².